The van der Waals surface area contributed by atoms with E-state index in [2.05, 4.69) is 36.3 Å². The monoisotopic (exact) mass is 358 g/mol. The maximum Gasteiger partial charge on any atom is 0.274 e. The molecule has 2 atom stereocenters. The standard InChI is InChI=1S/C20H30N4O2/c1-7-24-11-16(13(3)22-24)12(2)21-19(25)18-15-10-14(20(4,5)6)8-9-17(15)26-23-18/h11-12,14H,7-10H2,1-6H3,(H,21,25). The molecule has 1 aliphatic rings. The third-order valence-corrected chi connectivity index (χ3v) is 5.60. The predicted molar refractivity (Wildman–Crippen MR) is 100.0 cm³/mol. The van der Waals surface area contributed by atoms with Crippen LogP contribution < -0.4 is 5.32 Å². The fraction of sp³-hybridized carbons (Fsp3) is 0.650. The number of carbonyl (C=O) groups is 1. The third kappa shape index (κ3) is 3.55. The normalized spacial score (nSPS) is 18.5. The predicted octanol–water partition coefficient (Wildman–Crippen LogP) is 3.84. The second-order valence-electron chi connectivity index (χ2n) is 8.46. The van der Waals surface area contributed by atoms with Gasteiger partial charge in [-0.05, 0) is 44.9 Å². The zero-order chi connectivity index (χ0) is 19.1. The number of hydrogen-bond donors (Lipinski definition) is 1. The molecule has 1 N–H and O–H groups in total. The summed E-state index contributed by atoms with van der Waals surface area (Å²) in [5.41, 5.74) is 3.62. The van der Waals surface area contributed by atoms with Crippen molar-refractivity contribution in [3.63, 3.8) is 0 Å². The minimum atomic E-state index is -0.166. The van der Waals surface area contributed by atoms with Crippen LogP contribution >= 0.6 is 0 Å². The molecule has 2 unspecified atom stereocenters. The highest BCUT2D eigenvalue weighted by molar-refractivity contribution is 5.94. The quantitative estimate of drug-likeness (QED) is 0.901. The molecule has 0 saturated carbocycles. The number of nitrogens with one attached hydrogen (secondary N) is 1. The average molecular weight is 358 g/mol. The van der Waals surface area contributed by atoms with Gasteiger partial charge in [0, 0.05) is 30.3 Å². The summed E-state index contributed by atoms with van der Waals surface area (Å²) in [5.74, 6) is 1.24. The first-order chi connectivity index (χ1) is 12.2. The number of carbonyl (C=O) groups excluding carboxylic acids is 1. The highest BCUT2D eigenvalue weighted by Gasteiger charge is 2.34. The highest BCUT2D eigenvalue weighted by Crippen LogP contribution is 2.38. The van der Waals surface area contributed by atoms with E-state index < -0.39 is 0 Å². The van der Waals surface area contributed by atoms with Crippen molar-refractivity contribution in [2.75, 3.05) is 0 Å². The molecule has 6 nitrogen and oxygen atoms in total. The van der Waals surface area contributed by atoms with Crippen LogP contribution in [0.4, 0.5) is 0 Å². The van der Waals surface area contributed by atoms with E-state index in [1.165, 1.54) is 0 Å². The maximum absolute atomic E-state index is 12.8. The molecule has 2 aromatic heterocycles. The van der Waals surface area contributed by atoms with Gasteiger partial charge in [0.1, 0.15) is 5.76 Å². The van der Waals surface area contributed by atoms with Crippen LogP contribution in [0.3, 0.4) is 0 Å². The topological polar surface area (TPSA) is 73.0 Å². The molecule has 0 saturated heterocycles. The largest absolute Gasteiger partial charge is 0.360 e. The van der Waals surface area contributed by atoms with Crippen molar-refractivity contribution in [1.82, 2.24) is 20.3 Å². The van der Waals surface area contributed by atoms with E-state index in [9.17, 15) is 4.79 Å². The van der Waals surface area contributed by atoms with Gasteiger partial charge in [0.2, 0.25) is 0 Å². The second kappa shape index (κ2) is 6.89. The lowest BCUT2D eigenvalue weighted by Gasteiger charge is -2.33. The Hall–Kier alpha value is -2.11. The molecule has 0 radical (unpaired) electrons. The maximum atomic E-state index is 12.8. The Morgan fingerprint density at radius 3 is 2.81 bits per heavy atom. The van der Waals surface area contributed by atoms with Crippen molar-refractivity contribution in [3.8, 4) is 0 Å². The van der Waals surface area contributed by atoms with Gasteiger partial charge in [-0.25, -0.2) is 0 Å². The molecule has 6 heteroatoms. The van der Waals surface area contributed by atoms with Gasteiger partial charge in [-0.2, -0.15) is 5.10 Å². The SMILES string of the molecule is CCn1cc(C(C)NC(=O)c2noc3c2CC(C(C)(C)C)CC3)c(C)n1. The summed E-state index contributed by atoms with van der Waals surface area (Å²) in [6.45, 7) is 13.6. The molecule has 26 heavy (non-hydrogen) atoms. The molecule has 0 aliphatic heterocycles. The van der Waals surface area contributed by atoms with E-state index in [0.29, 0.717) is 11.6 Å². The van der Waals surface area contributed by atoms with Crippen LogP contribution in [-0.4, -0.2) is 20.8 Å². The van der Waals surface area contributed by atoms with Crippen molar-refractivity contribution < 1.29 is 9.32 Å². The van der Waals surface area contributed by atoms with E-state index in [-0.39, 0.29) is 17.4 Å². The summed E-state index contributed by atoms with van der Waals surface area (Å²) in [7, 11) is 0. The molecule has 2 heterocycles. The van der Waals surface area contributed by atoms with Gasteiger partial charge < -0.3 is 9.84 Å². The average Bonchev–Trinajstić information content (AvgIpc) is 3.16. The highest BCUT2D eigenvalue weighted by atomic mass is 16.5. The van der Waals surface area contributed by atoms with Gasteiger partial charge in [0.15, 0.2) is 5.69 Å². The van der Waals surface area contributed by atoms with E-state index in [1.54, 1.807) is 0 Å². The Kier molecular flexibility index (Phi) is 4.95. The minimum absolute atomic E-state index is 0.128. The van der Waals surface area contributed by atoms with Crippen molar-refractivity contribution >= 4 is 5.91 Å². The summed E-state index contributed by atoms with van der Waals surface area (Å²) >= 11 is 0. The number of rotatable bonds is 4. The van der Waals surface area contributed by atoms with Crippen LogP contribution in [-0.2, 0) is 19.4 Å². The van der Waals surface area contributed by atoms with Crippen LogP contribution in [0.25, 0.3) is 0 Å². The van der Waals surface area contributed by atoms with E-state index >= 15 is 0 Å². The molecule has 0 spiro atoms. The second-order valence-corrected chi connectivity index (χ2v) is 8.46. The Morgan fingerprint density at radius 2 is 2.19 bits per heavy atom. The summed E-state index contributed by atoms with van der Waals surface area (Å²) in [5, 5.41) is 11.6. The number of hydrogen-bond acceptors (Lipinski definition) is 4. The lowest BCUT2D eigenvalue weighted by Crippen LogP contribution is -2.30. The van der Waals surface area contributed by atoms with Crippen LogP contribution in [0.1, 0.15) is 80.2 Å². The Bertz CT molecular complexity index is 797. The summed E-state index contributed by atoms with van der Waals surface area (Å²) in [6, 6.07) is -0.128. The molecule has 142 valence electrons. The summed E-state index contributed by atoms with van der Waals surface area (Å²) in [4.78, 5) is 12.8. The molecule has 1 amide bonds. The lowest BCUT2D eigenvalue weighted by atomic mass is 9.71. The number of aryl methyl sites for hydroxylation is 3. The first-order valence-corrected chi connectivity index (χ1v) is 9.53. The lowest BCUT2D eigenvalue weighted by molar-refractivity contribution is 0.0929. The molecule has 0 fully saturated rings. The Labute approximate surface area is 155 Å². The molecule has 2 aromatic rings. The van der Waals surface area contributed by atoms with Gasteiger partial charge in [0.05, 0.1) is 11.7 Å². The van der Waals surface area contributed by atoms with Crippen LogP contribution in [0.15, 0.2) is 10.7 Å². The van der Waals surface area contributed by atoms with E-state index in [0.717, 1.165) is 48.4 Å². The zero-order valence-corrected chi connectivity index (χ0v) is 16.7. The van der Waals surface area contributed by atoms with Gasteiger partial charge in [-0.1, -0.05) is 25.9 Å². The van der Waals surface area contributed by atoms with Crippen LogP contribution in [0, 0.1) is 18.3 Å². The van der Waals surface area contributed by atoms with Crippen molar-refractivity contribution in [2.24, 2.45) is 11.3 Å². The van der Waals surface area contributed by atoms with Crippen LogP contribution in [0.5, 0.6) is 0 Å². The number of nitrogens with zero attached hydrogens (tertiary/aromatic N) is 3. The molecule has 3 rings (SSSR count). The molecule has 0 bridgehead atoms. The van der Waals surface area contributed by atoms with E-state index in [4.69, 9.17) is 4.52 Å². The van der Waals surface area contributed by atoms with E-state index in [1.807, 2.05) is 31.6 Å². The molecular formula is C20H30N4O2. The van der Waals surface area contributed by atoms with Crippen molar-refractivity contribution in [1.29, 1.82) is 0 Å². The first-order valence-electron chi connectivity index (χ1n) is 9.53. The summed E-state index contributed by atoms with van der Waals surface area (Å²) < 4.78 is 7.36. The smallest absolute Gasteiger partial charge is 0.274 e. The number of aromatic nitrogens is 3. The zero-order valence-electron chi connectivity index (χ0n) is 16.7. The summed E-state index contributed by atoms with van der Waals surface area (Å²) in [6.07, 6.45) is 4.79. The van der Waals surface area contributed by atoms with Crippen LogP contribution in [0.2, 0.25) is 0 Å². The third-order valence-electron chi connectivity index (χ3n) is 5.60. The molecule has 0 aromatic carbocycles. The fourth-order valence-electron chi connectivity index (χ4n) is 3.78. The fourth-order valence-corrected chi connectivity index (χ4v) is 3.78. The van der Waals surface area contributed by atoms with Gasteiger partial charge in [-0.3, -0.25) is 9.48 Å². The number of fused-ring (bicyclic) bond motifs is 1. The first kappa shape index (κ1) is 18.7. The number of amides is 1. The van der Waals surface area contributed by atoms with Gasteiger partial charge in [-0.15, -0.1) is 0 Å². The minimum Gasteiger partial charge on any atom is -0.360 e. The van der Waals surface area contributed by atoms with Gasteiger partial charge >= 0.3 is 0 Å². The molecule has 1 aliphatic carbocycles. The molecular weight excluding hydrogens is 328 g/mol. The van der Waals surface area contributed by atoms with Crippen molar-refractivity contribution in [2.45, 2.75) is 73.4 Å². The van der Waals surface area contributed by atoms with Gasteiger partial charge in [0.25, 0.3) is 5.91 Å². The Morgan fingerprint density at radius 1 is 1.46 bits per heavy atom. The Balaban J connectivity index is 1.77. The van der Waals surface area contributed by atoms with Crippen molar-refractivity contribution in [3.05, 3.63) is 34.5 Å².